The van der Waals surface area contributed by atoms with Crippen molar-refractivity contribution in [2.75, 3.05) is 12.4 Å². The summed E-state index contributed by atoms with van der Waals surface area (Å²) >= 11 is 0. The van der Waals surface area contributed by atoms with Crippen molar-refractivity contribution in [2.45, 2.75) is 20.3 Å². The smallest absolute Gasteiger partial charge is 0.337 e. The summed E-state index contributed by atoms with van der Waals surface area (Å²) in [6.07, 6.45) is 0.160. The molecule has 0 unspecified atom stereocenters. The summed E-state index contributed by atoms with van der Waals surface area (Å²) in [5.74, 6) is 0.418. The van der Waals surface area contributed by atoms with E-state index in [-0.39, 0.29) is 12.3 Å². The largest absolute Gasteiger partial charge is 0.497 e. The number of hydrogen-bond acceptors (Lipinski definition) is 3. The van der Waals surface area contributed by atoms with E-state index in [0.29, 0.717) is 5.69 Å². The summed E-state index contributed by atoms with van der Waals surface area (Å²) in [6, 6.07) is 12.3. The Balaban J connectivity index is 1.82. The first kappa shape index (κ1) is 17.3. The van der Waals surface area contributed by atoms with Gasteiger partial charge in [-0.05, 0) is 48.7 Å². The van der Waals surface area contributed by atoms with E-state index >= 15 is 0 Å². The molecule has 3 N–H and O–H groups in total. The Labute approximate surface area is 141 Å². The van der Waals surface area contributed by atoms with Crippen LogP contribution < -0.4 is 20.9 Å². The summed E-state index contributed by atoms with van der Waals surface area (Å²) in [7, 11) is 1.58. The highest BCUT2D eigenvalue weighted by molar-refractivity contribution is 5.92. The zero-order valence-electron chi connectivity index (χ0n) is 14.0. The number of carbonyl (C=O) groups is 2. The fourth-order valence-corrected chi connectivity index (χ4v) is 2.14. The Morgan fingerprint density at radius 1 is 1.00 bits per heavy atom. The fourth-order valence-electron chi connectivity index (χ4n) is 2.14. The Morgan fingerprint density at radius 2 is 1.71 bits per heavy atom. The van der Waals surface area contributed by atoms with Crippen molar-refractivity contribution < 1.29 is 14.3 Å². The van der Waals surface area contributed by atoms with Crippen LogP contribution in [0.25, 0.3) is 0 Å². The number of hydrazine groups is 1. The third-order valence-electron chi connectivity index (χ3n) is 3.69. The van der Waals surface area contributed by atoms with Crippen molar-refractivity contribution >= 4 is 17.6 Å². The van der Waals surface area contributed by atoms with Crippen LogP contribution in [0.3, 0.4) is 0 Å². The van der Waals surface area contributed by atoms with Gasteiger partial charge in [0, 0.05) is 5.69 Å². The van der Waals surface area contributed by atoms with Crippen LogP contribution in [-0.4, -0.2) is 19.0 Å². The van der Waals surface area contributed by atoms with Gasteiger partial charge in [-0.2, -0.15) is 0 Å². The number of hydrogen-bond donors (Lipinski definition) is 3. The van der Waals surface area contributed by atoms with Gasteiger partial charge in [-0.15, -0.1) is 0 Å². The van der Waals surface area contributed by atoms with E-state index in [0.717, 1.165) is 22.4 Å². The van der Waals surface area contributed by atoms with E-state index in [9.17, 15) is 9.59 Å². The molecule has 0 saturated heterocycles. The van der Waals surface area contributed by atoms with Crippen molar-refractivity contribution in [2.24, 2.45) is 0 Å². The predicted molar refractivity (Wildman–Crippen MR) is 92.9 cm³/mol. The quantitative estimate of drug-likeness (QED) is 0.756. The lowest BCUT2D eigenvalue weighted by molar-refractivity contribution is -0.121. The van der Waals surface area contributed by atoms with Crippen LogP contribution in [-0.2, 0) is 11.2 Å². The van der Waals surface area contributed by atoms with Crippen LogP contribution in [0.15, 0.2) is 42.5 Å². The van der Waals surface area contributed by atoms with Crippen LogP contribution in [0.1, 0.15) is 16.7 Å². The van der Waals surface area contributed by atoms with E-state index in [1.165, 1.54) is 0 Å². The molecule has 126 valence electrons. The lowest BCUT2D eigenvalue weighted by Crippen LogP contribution is -2.44. The highest BCUT2D eigenvalue weighted by Crippen LogP contribution is 2.17. The SMILES string of the molecule is COc1ccc(CC(=O)NNC(=O)Nc2cccc(C)c2C)cc1. The molecule has 0 radical (unpaired) electrons. The third-order valence-corrected chi connectivity index (χ3v) is 3.69. The minimum absolute atomic E-state index is 0.160. The highest BCUT2D eigenvalue weighted by atomic mass is 16.5. The number of rotatable bonds is 4. The maximum atomic E-state index is 11.9. The number of nitrogens with one attached hydrogen (secondary N) is 3. The molecule has 24 heavy (non-hydrogen) atoms. The minimum Gasteiger partial charge on any atom is -0.497 e. The van der Waals surface area contributed by atoms with Gasteiger partial charge >= 0.3 is 6.03 Å². The first-order valence-electron chi connectivity index (χ1n) is 7.54. The molecule has 0 fully saturated rings. The van der Waals surface area contributed by atoms with Gasteiger partial charge < -0.3 is 10.1 Å². The van der Waals surface area contributed by atoms with Crippen molar-refractivity contribution in [3.05, 3.63) is 59.2 Å². The topological polar surface area (TPSA) is 79.5 Å². The number of carbonyl (C=O) groups excluding carboxylic acids is 2. The maximum Gasteiger partial charge on any atom is 0.337 e. The molecule has 3 amide bonds. The van der Waals surface area contributed by atoms with Gasteiger partial charge in [0.15, 0.2) is 0 Å². The molecule has 0 spiro atoms. The normalized spacial score (nSPS) is 9.96. The summed E-state index contributed by atoms with van der Waals surface area (Å²) < 4.78 is 5.06. The van der Waals surface area contributed by atoms with Crippen molar-refractivity contribution in [1.29, 1.82) is 0 Å². The van der Waals surface area contributed by atoms with Gasteiger partial charge in [-0.3, -0.25) is 10.2 Å². The predicted octanol–water partition coefficient (Wildman–Crippen LogP) is 2.71. The first-order chi connectivity index (χ1) is 11.5. The van der Waals surface area contributed by atoms with Gasteiger partial charge in [0.05, 0.1) is 13.5 Å². The van der Waals surface area contributed by atoms with Crippen LogP contribution >= 0.6 is 0 Å². The summed E-state index contributed by atoms with van der Waals surface area (Å²) in [5, 5.41) is 2.70. The Hall–Kier alpha value is -3.02. The average Bonchev–Trinajstić information content (AvgIpc) is 2.58. The molecule has 0 aliphatic carbocycles. The number of aryl methyl sites for hydroxylation is 1. The highest BCUT2D eigenvalue weighted by Gasteiger charge is 2.08. The van der Waals surface area contributed by atoms with Gasteiger partial charge in [0.1, 0.15) is 5.75 Å². The van der Waals surface area contributed by atoms with Crippen LogP contribution in [0.2, 0.25) is 0 Å². The van der Waals surface area contributed by atoms with Crippen LogP contribution in [0, 0.1) is 13.8 Å². The zero-order chi connectivity index (χ0) is 17.5. The molecule has 0 heterocycles. The molecule has 0 saturated carbocycles. The van der Waals surface area contributed by atoms with E-state index in [1.807, 2.05) is 26.0 Å². The number of ether oxygens (including phenoxy) is 1. The van der Waals surface area contributed by atoms with Crippen LogP contribution in [0.4, 0.5) is 10.5 Å². The van der Waals surface area contributed by atoms with E-state index in [4.69, 9.17) is 4.74 Å². The third kappa shape index (κ3) is 4.74. The summed E-state index contributed by atoms with van der Waals surface area (Å²) in [5.41, 5.74) is 8.32. The van der Waals surface area contributed by atoms with Crippen molar-refractivity contribution in [3.8, 4) is 5.75 Å². The molecule has 0 aliphatic rings. The van der Waals surface area contributed by atoms with E-state index in [1.54, 1.807) is 37.4 Å². The molecule has 0 aliphatic heterocycles. The molecule has 6 heteroatoms. The number of methoxy groups -OCH3 is 1. The lowest BCUT2D eigenvalue weighted by Gasteiger charge is -2.12. The van der Waals surface area contributed by atoms with Gasteiger partial charge in [0.2, 0.25) is 5.91 Å². The minimum atomic E-state index is -0.494. The Bertz CT molecular complexity index is 727. The molecule has 0 bridgehead atoms. The molecule has 0 atom stereocenters. The number of amides is 3. The van der Waals surface area contributed by atoms with E-state index in [2.05, 4.69) is 16.2 Å². The average molecular weight is 327 g/mol. The van der Waals surface area contributed by atoms with Crippen molar-refractivity contribution in [3.63, 3.8) is 0 Å². The second-order valence-corrected chi connectivity index (χ2v) is 5.40. The second-order valence-electron chi connectivity index (χ2n) is 5.40. The van der Waals surface area contributed by atoms with Gasteiger partial charge in [-0.1, -0.05) is 24.3 Å². The molecule has 0 aromatic heterocycles. The molecule has 2 rings (SSSR count). The van der Waals surface area contributed by atoms with Crippen LogP contribution in [0.5, 0.6) is 5.75 Å². The number of benzene rings is 2. The van der Waals surface area contributed by atoms with Crippen molar-refractivity contribution in [1.82, 2.24) is 10.9 Å². The molecule has 2 aromatic rings. The molecule has 6 nitrogen and oxygen atoms in total. The molecule has 2 aromatic carbocycles. The Kier molecular flexibility index (Phi) is 5.78. The van der Waals surface area contributed by atoms with Gasteiger partial charge in [0.25, 0.3) is 0 Å². The zero-order valence-corrected chi connectivity index (χ0v) is 14.0. The maximum absolute atomic E-state index is 11.9. The molecular formula is C18H21N3O3. The first-order valence-corrected chi connectivity index (χ1v) is 7.54. The molecular weight excluding hydrogens is 306 g/mol. The standard InChI is InChI=1S/C18H21N3O3/c1-12-5-4-6-16(13(12)2)19-18(23)21-20-17(22)11-14-7-9-15(24-3)10-8-14/h4-10H,11H2,1-3H3,(H,20,22)(H2,19,21,23). The summed E-state index contributed by atoms with van der Waals surface area (Å²) in [4.78, 5) is 23.7. The fraction of sp³-hybridized carbons (Fsp3) is 0.222. The number of urea groups is 1. The second kappa shape index (κ2) is 8.01. The number of anilines is 1. The van der Waals surface area contributed by atoms with Gasteiger partial charge in [-0.25, -0.2) is 10.2 Å². The summed E-state index contributed by atoms with van der Waals surface area (Å²) in [6.45, 7) is 3.89. The monoisotopic (exact) mass is 327 g/mol. The Morgan fingerprint density at radius 3 is 2.38 bits per heavy atom. The van der Waals surface area contributed by atoms with E-state index < -0.39 is 6.03 Å². The lowest BCUT2D eigenvalue weighted by atomic mass is 10.1.